The number of allylic oxidation sites excluding steroid dienone is 1. The van der Waals surface area contributed by atoms with Crippen LogP contribution in [0.3, 0.4) is 0 Å². The number of benzene rings is 1. The van der Waals surface area contributed by atoms with E-state index in [0.717, 1.165) is 0 Å². The van der Waals surface area contributed by atoms with Gasteiger partial charge in [-0.3, -0.25) is 0 Å². The number of carbonyl (C=O) groups excluding carboxylic acids is 2. The molecule has 2 rings (SSSR count). The van der Waals surface area contributed by atoms with Crippen LogP contribution in [0.2, 0.25) is 0 Å². The fourth-order valence-electron chi connectivity index (χ4n) is 1.95. The van der Waals surface area contributed by atoms with Gasteiger partial charge in [-0.05, 0) is 6.92 Å². The van der Waals surface area contributed by atoms with Crippen LogP contribution in [0.4, 0.5) is 0 Å². The van der Waals surface area contributed by atoms with E-state index in [2.05, 4.69) is 0 Å². The monoisotopic (exact) mass is 275 g/mol. The van der Waals surface area contributed by atoms with Crippen molar-refractivity contribution in [3.63, 3.8) is 0 Å². The van der Waals surface area contributed by atoms with E-state index in [4.69, 9.17) is 15.6 Å². The highest BCUT2D eigenvalue weighted by Gasteiger charge is 2.27. The normalized spacial score (nSPS) is 14.8. The molecule has 0 fully saturated rings. The third kappa shape index (κ3) is 2.30. The summed E-state index contributed by atoms with van der Waals surface area (Å²) in [6, 6.07) is 6.71. The van der Waals surface area contributed by atoms with Crippen molar-refractivity contribution in [3.05, 3.63) is 47.4 Å². The van der Waals surface area contributed by atoms with Crippen LogP contribution in [-0.2, 0) is 23.8 Å². The third-order valence-corrected chi connectivity index (χ3v) is 2.90. The zero-order valence-electron chi connectivity index (χ0n) is 12.4. The topological polar surface area (TPSA) is 61.8 Å². The summed E-state index contributed by atoms with van der Waals surface area (Å²) in [5.41, 5.74) is 0.999. The lowest BCUT2D eigenvalue weighted by molar-refractivity contribution is -0.134. The molecule has 0 saturated heterocycles. The molecule has 0 aromatic heterocycles. The second-order valence-corrected chi connectivity index (χ2v) is 4.04. The summed E-state index contributed by atoms with van der Waals surface area (Å²) in [5, 5.41) is 0. The largest absolute Gasteiger partial charge is 0.468 e. The fourth-order valence-corrected chi connectivity index (χ4v) is 1.95. The summed E-state index contributed by atoms with van der Waals surface area (Å²) in [6.07, 6.45) is -0.370. The zero-order valence-corrected chi connectivity index (χ0v) is 11.4. The van der Waals surface area contributed by atoms with Crippen LogP contribution in [0.15, 0.2) is 36.3 Å². The summed E-state index contributed by atoms with van der Waals surface area (Å²) in [5.74, 6) is -1.11. The second kappa shape index (κ2) is 5.61. The van der Waals surface area contributed by atoms with E-state index < -0.39 is 11.9 Å². The van der Waals surface area contributed by atoms with E-state index in [0.29, 0.717) is 11.1 Å². The van der Waals surface area contributed by atoms with Gasteiger partial charge in [-0.1, -0.05) is 24.3 Å². The molecule has 104 valence electrons. The van der Waals surface area contributed by atoms with Crippen molar-refractivity contribution in [2.45, 2.75) is 6.92 Å². The van der Waals surface area contributed by atoms with E-state index in [1.807, 2.05) is 0 Å². The molecule has 0 spiro atoms. The molecule has 0 amide bonds. The van der Waals surface area contributed by atoms with Gasteiger partial charge in [0.25, 0.3) is 0 Å². The molecule has 1 heterocycles. The highest BCUT2D eigenvalue weighted by atomic mass is 16.5. The molecule has 20 heavy (non-hydrogen) atoms. The van der Waals surface area contributed by atoms with Gasteiger partial charge in [-0.2, -0.15) is 0 Å². The van der Waals surface area contributed by atoms with Crippen molar-refractivity contribution >= 4 is 23.1 Å². The summed E-state index contributed by atoms with van der Waals surface area (Å²) in [4.78, 5) is 23.9. The Morgan fingerprint density at radius 2 is 1.70 bits per heavy atom. The lowest BCUT2D eigenvalue weighted by atomic mass is 9.95. The van der Waals surface area contributed by atoms with Gasteiger partial charge in [-0.15, -0.1) is 0 Å². The Kier molecular flexibility index (Phi) is 3.50. The van der Waals surface area contributed by atoms with Crippen LogP contribution in [0.1, 0.15) is 19.4 Å². The van der Waals surface area contributed by atoms with Gasteiger partial charge in [0.1, 0.15) is 24.5 Å². The fraction of sp³-hybridized carbons (Fsp3) is 0.200. The average Bonchev–Trinajstić information content (AvgIpc) is 2.58. The Bertz CT molecular complexity index is 615. The van der Waals surface area contributed by atoms with Crippen molar-refractivity contribution in [2.24, 2.45) is 0 Å². The lowest BCUT2D eigenvalue weighted by Crippen LogP contribution is -2.09. The molecule has 0 radical (unpaired) electrons. The molecule has 0 unspecified atom stereocenters. The first-order chi connectivity index (χ1) is 10.0. The number of methoxy groups -OCH3 is 2. The van der Waals surface area contributed by atoms with E-state index in [1.54, 1.807) is 24.3 Å². The van der Waals surface area contributed by atoms with Crippen molar-refractivity contribution in [3.8, 4) is 0 Å². The molecule has 0 saturated carbocycles. The van der Waals surface area contributed by atoms with E-state index >= 15 is 0 Å². The highest BCUT2D eigenvalue weighted by molar-refractivity contribution is 6.23. The molecular formula is C15H14O5. The standard InChI is InChI=1S/C15H14O5/c1-9-13(15(17)19-3)11-7-5-4-6-10(11)12(8-20-9)14(16)18-2/h4-8H,1-3H3/i8D. The molecule has 1 aromatic carbocycles. The first kappa shape index (κ1) is 12.5. The number of hydrogen-bond donors (Lipinski definition) is 0. The Morgan fingerprint density at radius 3 is 2.30 bits per heavy atom. The van der Waals surface area contributed by atoms with Crippen LogP contribution >= 0.6 is 0 Å². The van der Waals surface area contributed by atoms with Crippen molar-refractivity contribution in [1.82, 2.24) is 0 Å². The highest BCUT2D eigenvalue weighted by Crippen LogP contribution is 2.32. The maximum absolute atomic E-state index is 12.0. The summed E-state index contributed by atoms with van der Waals surface area (Å²) >= 11 is 0. The predicted molar refractivity (Wildman–Crippen MR) is 72.1 cm³/mol. The molecule has 0 atom stereocenters. The van der Waals surface area contributed by atoms with Gasteiger partial charge in [0, 0.05) is 11.1 Å². The van der Waals surface area contributed by atoms with E-state index in [-0.39, 0.29) is 23.1 Å². The molecule has 0 N–H and O–H groups in total. The minimum atomic E-state index is -0.702. The Hall–Kier alpha value is -2.56. The maximum atomic E-state index is 12.0. The van der Waals surface area contributed by atoms with E-state index in [9.17, 15) is 9.59 Å². The minimum Gasteiger partial charge on any atom is -0.468 e. The van der Waals surface area contributed by atoms with Crippen molar-refractivity contribution in [2.75, 3.05) is 14.2 Å². The van der Waals surface area contributed by atoms with Gasteiger partial charge in [0.2, 0.25) is 0 Å². The number of esters is 2. The smallest absolute Gasteiger partial charge is 0.341 e. The van der Waals surface area contributed by atoms with Gasteiger partial charge < -0.3 is 14.2 Å². The van der Waals surface area contributed by atoms with Gasteiger partial charge in [0.05, 0.1) is 14.2 Å². The molecule has 1 aromatic rings. The first-order valence-corrected chi connectivity index (χ1v) is 5.87. The number of carbonyl (C=O) groups is 2. The van der Waals surface area contributed by atoms with Crippen LogP contribution in [0, 0.1) is 0 Å². The van der Waals surface area contributed by atoms with Crippen molar-refractivity contribution in [1.29, 1.82) is 0 Å². The van der Waals surface area contributed by atoms with Crippen molar-refractivity contribution < 1.29 is 25.2 Å². The quantitative estimate of drug-likeness (QED) is 0.774. The summed E-state index contributed by atoms with van der Waals surface area (Å²) in [6.45, 7) is 1.54. The average molecular weight is 275 g/mol. The lowest BCUT2D eigenvalue weighted by Gasteiger charge is -2.10. The summed E-state index contributed by atoms with van der Waals surface area (Å²) in [7, 11) is 2.48. The Balaban J connectivity index is 2.76. The van der Waals surface area contributed by atoms with Crippen LogP contribution in [0.25, 0.3) is 11.1 Å². The van der Waals surface area contributed by atoms with Crippen LogP contribution < -0.4 is 0 Å². The molecule has 5 heteroatoms. The molecule has 1 aliphatic rings. The van der Waals surface area contributed by atoms with Gasteiger partial charge >= 0.3 is 11.9 Å². The van der Waals surface area contributed by atoms with E-state index in [1.165, 1.54) is 21.1 Å². The molecule has 0 bridgehead atoms. The van der Waals surface area contributed by atoms with Crippen LogP contribution in [-0.4, -0.2) is 26.2 Å². The number of ether oxygens (including phenoxy) is 3. The second-order valence-electron chi connectivity index (χ2n) is 4.04. The number of fused-ring (bicyclic) bond motifs is 1. The minimum absolute atomic E-state index is 0.0358. The third-order valence-electron chi connectivity index (χ3n) is 2.90. The number of hydrogen-bond acceptors (Lipinski definition) is 5. The molecular weight excluding hydrogens is 260 g/mol. The molecule has 1 aliphatic heterocycles. The number of rotatable bonds is 2. The van der Waals surface area contributed by atoms with Gasteiger partial charge in [0.15, 0.2) is 0 Å². The Morgan fingerprint density at radius 1 is 1.10 bits per heavy atom. The SMILES string of the molecule is [2H]C1=C(C(=O)OC)c2ccccc2C(C(=O)OC)=C(C)O1. The molecule has 0 aliphatic carbocycles. The van der Waals surface area contributed by atoms with Gasteiger partial charge in [-0.25, -0.2) is 9.59 Å². The zero-order chi connectivity index (χ0) is 15.6. The maximum Gasteiger partial charge on any atom is 0.341 e. The Labute approximate surface area is 117 Å². The first-order valence-electron chi connectivity index (χ1n) is 6.37. The van der Waals surface area contributed by atoms with Crippen LogP contribution in [0.5, 0.6) is 0 Å². The predicted octanol–water partition coefficient (Wildman–Crippen LogP) is 2.13. The molecule has 5 nitrogen and oxygen atoms in total. The summed E-state index contributed by atoms with van der Waals surface area (Å²) < 4.78 is 22.7.